The first kappa shape index (κ1) is 18.6. The van der Waals surface area contributed by atoms with Crippen LogP contribution >= 0.6 is 0 Å². The molecule has 0 unspecified atom stereocenters. The Bertz CT molecular complexity index is 674. The summed E-state index contributed by atoms with van der Waals surface area (Å²) in [5.74, 6) is -0.0428. The van der Waals surface area contributed by atoms with Crippen molar-refractivity contribution in [2.75, 3.05) is 46.4 Å². The van der Waals surface area contributed by atoms with Crippen LogP contribution in [0.3, 0.4) is 0 Å². The number of methoxy groups -OCH3 is 1. The van der Waals surface area contributed by atoms with Crippen molar-refractivity contribution >= 4 is 15.7 Å². The van der Waals surface area contributed by atoms with E-state index in [1.54, 1.807) is 0 Å². The molecule has 1 heterocycles. The van der Waals surface area contributed by atoms with Gasteiger partial charge in [0.25, 0.3) is 5.69 Å². The van der Waals surface area contributed by atoms with Gasteiger partial charge < -0.3 is 15.0 Å². The predicted octanol–water partition coefficient (Wildman–Crippen LogP) is 0.177. The van der Waals surface area contributed by atoms with Gasteiger partial charge in [-0.25, -0.2) is 13.1 Å². The van der Waals surface area contributed by atoms with Crippen LogP contribution < -0.4 is 14.8 Å². The quantitative estimate of drug-likeness (QED) is 0.387. The van der Waals surface area contributed by atoms with Crippen molar-refractivity contribution in [3.05, 3.63) is 28.3 Å². The Kier molecular flexibility index (Phi) is 6.49. The van der Waals surface area contributed by atoms with E-state index in [2.05, 4.69) is 14.9 Å². The molecule has 0 spiro atoms. The molecule has 2 rings (SSSR count). The average Bonchev–Trinajstić information content (AvgIpc) is 2.59. The highest BCUT2D eigenvalue weighted by Crippen LogP contribution is 2.28. The normalized spacial score (nSPS) is 16.0. The van der Waals surface area contributed by atoms with E-state index in [4.69, 9.17) is 4.74 Å². The Morgan fingerprint density at radius 3 is 2.71 bits per heavy atom. The van der Waals surface area contributed by atoms with Crippen LogP contribution in [0.1, 0.15) is 6.42 Å². The summed E-state index contributed by atoms with van der Waals surface area (Å²) in [5.41, 5.74) is -0.218. The standard InChI is InChI=1S/C14H22N4O5S/c1-23-13-11-12(18(19)20)3-4-14(13)24(21,22)16-5-2-8-17-9-6-15-7-10-17/h3-4,11,15-16H,2,5-10H2,1H3. The third-order valence-electron chi connectivity index (χ3n) is 3.80. The first-order valence-corrected chi connectivity index (χ1v) is 9.17. The molecule has 1 saturated heterocycles. The van der Waals surface area contributed by atoms with Crippen LogP contribution in [0.15, 0.2) is 23.1 Å². The van der Waals surface area contributed by atoms with E-state index in [1.165, 1.54) is 13.2 Å². The molecule has 1 aromatic rings. The summed E-state index contributed by atoms with van der Waals surface area (Å²) in [6.07, 6.45) is 0.689. The number of nitrogens with zero attached hydrogens (tertiary/aromatic N) is 2. The van der Waals surface area contributed by atoms with Crippen molar-refractivity contribution in [1.29, 1.82) is 0 Å². The Hall–Kier alpha value is -1.75. The highest BCUT2D eigenvalue weighted by molar-refractivity contribution is 7.89. The molecule has 0 amide bonds. The lowest BCUT2D eigenvalue weighted by atomic mass is 10.3. The zero-order valence-electron chi connectivity index (χ0n) is 13.5. The van der Waals surface area contributed by atoms with Gasteiger partial charge in [-0.15, -0.1) is 0 Å². The Morgan fingerprint density at radius 1 is 1.38 bits per heavy atom. The molecule has 10 heteroatoms. The molecular formula is C14H22N4O5S. The summed E-state index contributed by atoms with van der Waals surface area (Å²) in [5, 5.41) is 14.0. The van der Waals surface area contributed by atoms with Gasteiger partial charge in [0.2, 0.25) is 10.0 Å². The lowest BCUT2D eigenvalue weighted by Crippen LogP contribution is -2.44. The molecule has 24 heavy (non-hydrogen) atoms. The third kappa shape index (κ3) is 4.87. The van der Waals surface area contributed by atoms with E-state index in [9.17, 15) is 18.5 Å². The molecule has 0 aliphatic carbocycles. The molecule has 1 aliphatic rings. The molecule has 0 radical (unpaired) electrons. The number of rotatable bonds is 8. The second-order valence-corrected chi connectivity index (χ2v) is 7.17. The van der Waals surface area contributed by atoms with Crippen molar-refractivity contribution in [1.82, 2.24) is 14.9 Å². The van der Waals surface area contributed by atoms with Gasteiger partial charge in [0, 0.05) is 38.8 Å². The van der Waals surface area contributed by atoms with Crippen molar-refractivity contribution in [3.8, 4) is 5.75 Å². The van der Waals surface area contributed by atoms with Gasteiger partial charge in [-0.05, 0) is 19.0 Å². The van der Waals surface area contributed by atoms with Crippen LogP contribution in [0.5, 0.6) is 5.75 Å². The Balaban J connectivity index is 1.95. The number of nitrogens with one attached hydrogen (secondary N) is 2. The van der Waals surface area contributed by atoms with E-state index in [1.807, 2.05) is 0 Å². The number of sulfonamides is 1. The molecule has 0 saturated carbocycles. The minimum Gasteiger partial charge on any atom is -0.495 e. The maximum atomic E-state index is 12.4. The SMILES string of the molecule is COc1cc([N+](=O)[O-])ccc1S(=O)(=O)NCCCN1CCNCC1. The van der Waals surface area contributed by atoms with Gasteiger partial charge in [0.1, 0.15) is 10.6 Å². The first-order chi connectivity index (χ1) is 11.4. The van der Waals surface area contributed by atoms with Gasteiger partial charge in [0.15, 0.2) is 0 Å². The minimum absolute atomic E-state index is 0.0428. The second kappa shape index (κ2) is 8.38. The number of nitro benzene ring substituents is 1. The van der Waals surface area contributed by atoms with Gasteiger partial charge in [-0.3, -0.25) is 10.1 Å². The number of ether oxygens (including phenoxy) is 1. The third-order valence-corrected chi connectivity index (χ3v) is 5.30. The summed E-state index contributed by atoms with van der Waals surface area (Å²) < 4.78 is 32.2. The lowest BCUT2D eigenvalue weighted by molar-refractivity contribution is -0.385. The molecule has 1 aromatic carbocycles. The van der Waals surface area contributed by atoms with Gasteiger partial charge in [-0.1, -0.05) is 0 Å². The number of nitro groups is 1. The van der Waals surface area contributed by atoms with Gasteiger partial charge in [-0.2, -0.15) is 0 Å². The van der Waals surface area contributed by atoms with Crippen LogP contribution in [0.25, 0.3) is 0 Å². The molecule has 2 N–H and O–H groups in total. The fraction of sp³-hybridized carbons (Fsp3) is 0.571. The van der Waals surface area contributed by atoms with Crippen LogP contribution in [0.4, 0.5) is 5.69 Å². The maximum absolute atomic E-state index is 12.4. The fourth-order valence-electron chi connectivity index (χ4n) is 2.51. The maximum Gasteiger partial charge on any atom is 0.273 e. The zero-order valence-corrected chi connectivity index (χ0v) is 14.3. The summed E-state index contributed by atoms with van der Waals surface area (Å²) in [6.45, 7) is 4.94. The first-order valence-electron chi connectivity index (χ1n) is 7.69. The average molecular weight is 358 g/mol. The number of benzene rings is 1. The van der Waals surface area contributed by atoms with E-state index < -0.39 is 14.9 Å². The van der Waals surface area contributed by atoms with E-state index in [0.717, 1.165) is 44.9 Å². The summed E-state index contributed by atoms with van der Waals surface area (Å²) in [6, 6.07) is 3.45. The molecule has 134 valence electrons. The number of hydrogen-bond acceptors (Lipinski definition) is 7. The van der Waals surface area contributed by atoms with Crippen molar-refractivity contribution < 1.29 is 18.1 Å². The Labute approximate surface area is 141 Å². The predicted molar refractivity (Wildman–Crippen MR) is 88.8 cm³/mol. The molecule has 0 atom stereocenters. The van der Waals surface area contributed by atoms with Crippen LogP contribution in [-0.2, 0) is 10.0 Å². The molecule has 0 bridgehead atoms. The van der Waals surface area contributed by atoms with Gasteiger partial charge in [0.05, 0.1) is 18.1 Å². The number of hydrogen-bond donors (Lipinski definition) is 2. The molecule has 9 nitrogen and oxygen atoms in total. The van der Waals surface area contributed by atoms with E-state index in [-0.39, 0.29) is 16.3 Å². The van der Waals surface area contributed by atoms with Gasteiger partial charge >= 0.3 is 0 Å². The summed E-state index contributed by atoms with van der Waals surface area (Å²) >= 11 is 0. The van der Waals surface area contributed by atoms with Crippen molar-refractivity contribution in [2.24, 2.45) is 0 Å². The molecule has 1 aliphatic heterocycles. The second-order valence-electron chi connectivity index (χ2n) is 5.44. The summed E-state index contributed by atoms with van der Waals surface area (Å²) in [4.78, 5) is 12.3. The van der Waals surface area contributed by atoms with Crippen LogP contribution in [0, 0.1) is 10.1 Å². The van der Waals surface area contributed by atoms with Crippen molar-refractivity contribution in [2.45, 2.75) is 11.3 Å². The molecule has 0 aromatic heterocycles. The van der Waals surface area contributed by atoms with E-state index >= 15 is 0 Å². The fourth-order valence-corrected chi connectivity index (χ4v) is 3.74. The zero-order chi connectivity index (χ0) is 17.6. The minimum atomic E-state index is -3.78. The van der Waals surface area contributed by atoms with Crippen LogP contribution in [0.2, 0.25) is 0 Å². The van der Waals surface area contributed by atoms with Crippen LogP contribution in [-0.4, -0.2) is 64.6 Å². The smallest absolute Gasteiger partial charge is 0.273 e. The van der Waals surface area contributed by atoms with Crippen molar-refractivity contribution in [3.63, 3.8) is 0 Å². The largest absolute Gasteiger partial charge is 0.495 e. The molecular weight excluding hydrogens is 336 g/mol. The molecule has 1 fully saturated rings. The van der Waals surface area contributed by atoms with E-state index in [0.29, 0.717) is 13.0 Å². The highest BCUT2D eigenvalue weighted by Gasteiger charge is 2.22. The highest BCUT2D eigenvalue weighted by atomic mass is 32.2. The Morgan fingerprint density at radius 2 is 2.08 bits per heavy atom. The number of non-ortho nitro benzene ring substituents is 1. The monoisotopic (exact) mass is 358 g/mol. The number of piperazine rings is 1. The topological polar surface area (TPSA) is 114 Å². The lowest BCUT2D eigenvalue weighted by Gasteiger charge is -2.27. The summed E-state index contributed by atoms with van der Waals surface area (Å²) in [7, 11) is -2.50.